The van der Waals surface area contributed by atoms with E-state index in [0.29, 0.717) is 6.54 Å². The summed E-state index contributed by atoms with van der Waals surface area (Å²) in [5.41, 5.74) is 5.54. The highest BCUT2D eigenvalue weighted by atomic mass is 32.1. The van der Waals surface area contributed by atoms with E-state index >= 15 is 0 Å². The summed E-state index contributed by atoms with van der Waals surface area (Å²) in [6.45, 7) is 2.62. The van der Waals surface area contributed by atoms with E-state index in [-0.39, 0.29) is 6.04 Å². The predicted octanol–water partition coefficient (Wildman–Crippen LogP) is 1.45. The first-order chi connectivity index (χ1) is 6.81. The SMILES string of the molecule is CC(CN)Nc1ncnc2sccc12. The van der Waals surface area contributed by atoms with Crippen LogP contribution in [0.25, 0.3) is 10.2 Å². The van der Waals surface area contributed by atoms with Crippen LogP contribution < -0.4 is 11.1 Å². The van der Waals surface area contributed by atoms with Gasteiger partial charge in [-0.25, -0.2) is 9.97 Å². The molecule has 0 aromatic carbocycles. The largest absolute Gasteiger partial charge is 0.366 e. The highest BCUT2D eigenvalue weighted by Gasteiger charge is 2.06. The van der Waals surface area contributed by atoms with Crippen molar-refractivity contribution in [1.29, 1.82) is 0 Å². The van der Waals surface area contributed by atoms with Gasteiger partial charge in [0.25, 0.3) is 0 Å². The van der Waals surface area contributed by atoms with Crippen LogP contribution in [0, 0.1) is 0 Å². The molecule has 0 bridgehead atoms. The molecule has 0 fully saturated rings. The molecule has 0 saturated heterocycles. The first-order valence-corrected chi connectivity index (χ1v) is 5.34. The fourth-order valence-electron chi connectivity index (χ4n) is 1.20. The molecule has 5 heteroatoms. The van der Waals surface area contributed by atoms with Gasteiger partial charge in [0.05, 0.1) is 5.39 Å². The molecule has 0 aliphatic heterocycles. The predicted molar refractivity (Wildman–Crippen MR) is 59.6 cm³/mol. The minimum atomic E-state index is 0.230. The summed E-state index contributed by atoms with van der Waals surface area (Å²) < 4.78 is 0. The van der Waals surface area contributed by atoms with E-state index in [1.165, 1.54) is 0 Å². The number of rotatable bonds is 3. The lowest BCUT2D eigenvalue weighted by Crippen LogP contribution is -2.25. The molecule has 2 heterocycles. The van der Waals surface area contributed by atoms with Gasteiger partial charge in [-0.1, -0.05) is 0 Å². The summed E-state index contributed by atoms with van der Waals surface area (Å²) >= 11 is 1.61. The summed E-state index contributed by atoms with van der Waals surface area (Å²) in [5, 5.41) is 6.33. The van der Waals surface area contributed by atoms with Gasteiger partial charge in [-0.3, -0.25) is 0 Å². The molecule has 74 valence electrons. The van der Waals surface area contributed by atoms with E-state index in [0.717, 1.165) is 16.0 Å². The van der Waals surface area contributed by atoms with Crippen molar-refractivity contribution in [2.24, 2.45) is 5.73 Å². The highest BCUT2D eigenvalue weighted by molar-refractivity contribution is 7.16. The minimum Gasteiger partial charge on any atom is -0.366 e. The van der Waals surface area contributed by atoms with Crippen LogP contribution in [0.5, 0.6) is 0 Å². The van der Waals surface area contributed by atoms with Gasteiger partial charge < -0.3 is 11.1 Å². The number of hydrogen-bond donors (Lipinski definition) is 2. The quantitative estimate of drug-likeness (QED) is 0.801. The molecule has 2 aromatic heterocycles. The van der Waals surface area contributed by atoms with Gasteiger partial charge in [-0.05, 0) is 18.4 Å². The molecule has 4 nitrogen and oxygen atoms in total. The minimum absolute atomic E-state index is 0.230. The van der Waals surface area contributed by atoms with Crippen LogP contribution in [-0.4, -0.2) is 22.6 Å². The Labute approximate surface area is 86.2 Å². The zero-order valence-electron chi connectivity index (χ0n) is 7.90. The standard InChI is InChI=1S/C9H12N4S/c1-6(4-10)13-8-7-2-3-14-9(7)12-5-11-8/h2-3,5-6H,4,10H2,1H3,(H,11,12,13). The van der Waals surface area contributed by atoms with Crippen molar-refractivity contribution >= 4 is 27.4 Å². The van der Waals surface area contributed by atoms with Crippen molar-refractivity contribution in [3.05, 3.63) is 17.8 Å². The van der Waals surface area contributed by atoms with Crippen LogP contribution in [-0.2, 0) is 0 Å². The second-order valence-electron chi connectivity index (χ2n) is 3.14. The molecule has 2 rings (SSSR count). The maximum atomic E-state index is 5.54. The fourth-order valence-corrected chi connectivity index (χ4v) is 1.93. The molecule has 2 aromatic rings. The number of thiophene rings is 1. The summed E-state index contributed by atoms with van der Waals surface area (Å²) in [5.74, 6) is 0.870. The number of fused-ring (bicyclic) bond motifs is 1. The van der Waals surface area contributed by atoms with Crippen LogP contribution in [0.4, 0.5) is 5.82 Å². The monoisotopic (exact) mass is 208 g/mol. The van der Waals surface area contributed by atoms with Crippen LogP contribution in [0.2, 0.25) is 0 Å². The van der Waals surface area contributed by atoms with Gasteiger partial charge >= 0.3 is 0 Å². The Kier molecular flexibility index (Phi) is 2.60. The maximum Gasteiger partial charge on any atom is 0.138 e. The molecular weight excluding hydrogens is 196 g/mol. The van der Waals surface area contributed by atoms with E-state index in [1.807, 2.05) is 18.4 Å². The van der Waals surface area contributed by atoms with Crippen molar-refractivity contribution in [2.75, 3.05) is 11.9 Å². The van der Waals surface area contributed by atoms with Gasteiger partial charge in [0.1, 0.15) is 17.0 Å². The average molecular weight is 208 g/mol. The number of aromatic nitrogens is 2. The summed E-state index contributed by atoms with van der Waals surface area (Å²) in [6.07, 6.45) is 1.57. The summed E-state index contributed by atoms with van der Waals surface area (Å²) in [6, 6.07) is 2.25. The molecule has 14 heavy (non-hydrogen) atoms. The van der Waals surface area contributed by atoms with E-state index in [4.69, 9.17) is 5.73 Å². The van der Waals surface area contributed by atoms with Crippen molar-refractivity contribution in [2.45, 2.75) is 13.0 Å². The summed E-state index contributed by atoms with van der Waals surface area (Å²) in [7, 11) is 0. The second-order valence-corrected chi connectivity index (χ2v) is 4.04. The maximum absolute atomic E-state index is 5.54. The van der Waals surface area contributed by atoms with Crippen LogP contribution >= 0.6 is 11.3 Å². The van der Waals surface area contributed by atoms with Gasteiger partial charge in [0.15, 0.2) is 0 Å². The van der Waals surface area contributed by atoms with Crippen molar-refractivity contribution in [1.82, 2.24) is 9.97 Å². The molecule has 0 radical (unpaired) electrons. The van der Waals surface area contributed by atoms with E-state index in [2.05, 4.69) is 15.3 Å². The Morgan fingerprint density at radius 3 is 3.21 bits per heavy atom. The molecule has 0 aliphatic carbocycles. The molecule has 1 atom stereocenters. The molecule has 3 N–H and O–H groups in total. The number of nitrogens with one attached hydrogen (secondary N) is 1. The number of nitrogens with zero attached hydrogens (tertiary/aromatic N) is 2. The van der Waals surface area contributed by atoms with Crippen molar-refractivity contribution in [3.63, 3.8) is 0 Å². The lowest BCUT2D eigenvalue weighted by Gasteiger charge is -2.11. The third-order valence-corrected chi connectivity index (χ3v) is 2.82. The Bertz CT molecular complexity index is 425. The van der Waals surface area contributed by atoms with Crippen LogP contribution in [0.1, 0.15) is 6.92 Å². The second kappa shape index (κ2) is 3.89. The number of anilines is 1. The molecular formula is C9H12N4S. The van der Waals surface area contributed by atoms with Gasteiger partial charge in [0, 0.05) is 12.6 Å². The van der Waals surface area contributed by atoms with Gasteiger partial charge in [0.2, 0.25) is 0 Å². The molecule has 0 spiro atoms. The molecule has 0 saturated carbocycles. The average Bonchev–Trinajstić information content (AvgIpc) is 2.66. The Morgan fingerprint density at radius 1 is 1.57 bits per heavy atom. The number of hydrogen-bond acceptors (Lipinski definition) is 5. The van der Waals surface area contributed by atoms with E-state index in [9.17, 15) is 0 Å². The lowest BCUT2D eigenvalue weighted by atomic mass is 10.3. The zero-order valence-corrected chi connectivity index (χ0v) is 8.71. The molecule has 0 amide bonds. The zero-order chi connectivity index (χ0) is 9.97. The Balaban J connectivity index is 2.36. The van der Waals surface area contributed by atoms with Gasteiger partial charge in [-0.15, -0.1) is 11.3 Å². The summed E-state index contributed by atoms with van der Waals surface area (Å²) in [4.78, 5) is 9.37. The normalized spacial score (nSPS) is 13.0. The fraction of sp³-hybridized carbons (Fsp3) is 0.333. The van der Waals surface area contributed by atoms with Crippen LogP contribution in [0.3, 0.4) is 0 Å². The highest BCUT2D eigenvalue weighted by Crippen LogP contribution is 2.23. The third-order valence-electron chi connectivity index (χ3n) is 2.00. The smallest absolute Gasteiger partial charge is 0.138 e. The van der Waals surface area contributed by atoms with Crippen molar-refractivity contribution in [3.8, 4) is 0 Å². The topological polar surface area (TPSA) is 63.8 Å². The number of nitrogens with two attached hydrogens (primary N) is 1. The molecule has 1 unspecified atom stereocenters. The van der Waals surface area contributed by atoms with Gasteiger partial charge in [-0.2, -0.15) is 0 Å². The van der Waals surface area contributed by atoms with Crippen LogP contribution in [0.15, 0.2) is 17.8 Å². The first kappa shape index (κ1) is 9.36. The van der Waals surface area contributed by atoms with E-state index in [1.54, 1.807) is 17.7 Å². The van der Waals surface area contributed by atoms with Crippen molar-refractivity contribution < 1.29 is 0 Å². The Morgan fingerprint density at radius 2 is 2.43 bits per heavy atom. The lowest BCUT2D eigenvalue weighted by molar-refractivity contribution is 0.799. The molecule has 0 aliphatic rings. The van der Waals surface area contributed by atoms with E-state index < -0.39 is 0 Å². The Hall–Kier alpha value is -1.20. The third kappa shape index (κ3) is 1.69. The first-order valence-electron chi connectivity index (χ1n) is 4.46.